The lowest BCUT2D eigenvalue weighted by atomic mass is 10.1. The van der Waals surface area contributed by atoms with E-state index in [1.54, 1.807) is 0 Å². The maximum absolute atomic E-state index is 12.6. The van der Waals surface area contributed by atoms with Crippen molar-refractivity contribution >= 4 is 34.2 Å². The Morgan fingerprint density at radius 3 is 2.69 bits per heavy atom. The molecule has 0 bridgehead atoms. The molecule has 5 heteroatoms. The van der Waals surface area contributed by atoms with E-state index in [0.29, 0.717) is 24.5 Å². The van der Waals surface area contributed by atoms with Crippen molar-refractivity contribution in [1.29, 1.82) is 0 Å². The van der Waals surface area contributed by atoms with Crippen LogP contribution in [0.2, 0.25) is 5.02 Å². The van der Waals surface area contributed by atoms with Gasteiger partial charge in [0.2, 0.25) is 5.91 Å². The topological polar surface area (TPSA) is 38.1 Å². The van der Waals surface area contributed by atoms with Gasteiger partial charge in [-0.05, 0) is 43.3 Å². The van der Waals surface area contributed by atoms with Crippen LogP contribution in [-0.2, 0) is 11.3 Å². The molecule has 132 valence electrons. The van der Waals surface area contributed by atoms with E-state index in [-0.39, 0.29) is 11.8 Å². The highest BCUT2D eigenvalue weighted by molar-refractivity contribution is 6.30. The zero-order chi connectivity index (χ0) is 18.3. The van der Waals surface area contributed by atoms with Gasteiger partial charge >= 0.3 is 0 Å². The number of carbonyl (C=O) groups excluding carboxylic acids is 1. The lowest BCUT2D eigenvalue weighted by molar-refractivity contribution is -0.117. The van der Waals surface area contributed by atoms with Crippen LogP contribution < -0.4 is 4.90 Å². The molecule has 1 atom stereocenters. The molecule has 0 radical (unpaired) electrons. The van der Waals surface area contributed by atoms with Crippen molar-refractivity contribution in [3.8, 4) is 0 Å². The second kappa shape index (κ2) is 6.61. The van der Waals surface area contributed by atoms with E-state index < -0.39 is 0 Å². The molecule has 1 aliphatic rings. The van der Waals surface area contributed by atoms with Crippen LogP contribution in [0.5, 0.6) is 0 Å². The van der Waals surface area contributed by atoms with E-state index >= 15 is 0 Å². The number of carbonyl (C=O) groups is 1. The average Bonchev–Trinajstić information content (AvgIpc) is 3.16. The van der Waals surface area contributed by atoms with E-state index in [9.17, 15) is 4.79 Å². The van der Waals surface area contributed by atoms with Crippen molar-refractivity contribution in [3.63, 3.8) is 0 Å². The van der Waals surface area contributed by atoms with Gasteiger partial charge < -0.3 is 9.47 Å². The van der Waals surface area contributed by atoms with Gasteiger partial charge in [0.15, 0.2) is 0 Å². The van der Waals surface area contributed by atoms with Crippen molar-refractivity contribution in [2.24, 2.45) is 0 Å². The molecule has 4 nitrogen and oxygen atoms in total. The van der Waals surface area contributed by atoms with Crippen LogP contribution in [0, 0.1) is 0 Å². The van der Waals surface area contributed by atoms with Crippen LogP contribution in [0.25, 0.3) is 11.0 Å². The highest BCUT2D eigenvalue weighted by atomic mass is 35.5. The molecule has 0 aliphatic carbocycles. The van der Waals surface area contributed by atoms with Gasteiger partial charge in [-0.1, -0.05) is 35.9 Å². The van der Waals surface area contributed by atoms with Crippen LogP contribution in [0.15, 0.2) is 60.7 Å². The Hall–Kier alpha value is -2.59. The maximum Gasteiger partial charge on any atom is 0.227 e. The summed E-state index contributed by atoms with van der Waals surface area (Å²) in [6.45, 7) is 7.40. The minimum Gasteiger partial charge on any atom is -0.324 e. The SMILES string of the molecule is C=C(C)Cn1c(C2CC(=O)N(c3ccc(Cl)cc3)C2)nc2ccccc21. The number of amides is 1. The summed E-state index contributed by atoms with van der Waals surface area (Å²) >= 11 is 5.97. The van der Waals surface area contributed by atoms with Crippen molar-refractivity contribution in [2.75, 3.05) is 11.4 Å². The van der Waals surface area contributed by atoms with Crippen molar-refractivity contribution in [2.45, 2.75) is 25.8 Å². The fourth-order valence-electron chi connectivity index (χ4n) is 3.59. The molecule has 0 saturated carbocycles. The number of aromatic nitrogens is 2. The lowest BCUT2D eigenvalue weighted by Gasteiger charge is -2.17. The van der Waals surface area contributed by atoms with Crippen LogP contribution in [0.3, 0.4) is 0 Å². The highest BCUT2D eigenvalue weighted by Crippen LogP contribution is 2.33. The maximum atomic E-state index is 12.6. The molecular weight excluding hydrogens is 346 g/mol. The normalized spacial score (nSPS) is 17.2. The van der Waals surface area contributed by atoms with Gasteiger partial charge in [-0.25, -0.2) is 4.98 Å². The summed E-state index contributed by atoms with van der Waals surface area (Å²) in [5.41, 5.74) is 3.99. The molecule has 1 amide bonds. The summed E-state index contributed by atoms with van der Waals surface area (Å²) < 4.78 is 2.20. The number of fused-ring (bicyclic) bond motifs is 1. The second-order valence-electron chi connectivity index (χ2n) is 6.88. The van der Waals surface area contributed by atoms with Crippen molar-refractivity contribution < 1.29 is 4.79 Å². The fraction of sp³-hybridized carbons (Fsp3) is 0.238. The number of anilines is 1. The van der Waals surface area contributed by atoms with Gasteiger partial charge in [-0.2, -0.15) is 0 Å². The summed E-state index contributed by atoms with van der Waals surface area (Å²) in [6, 6.07) is 15.5. The summed E-state index contributed by atoms with van der Waals surface area (Å²) in [5, 5.41) is 0.667. The number of imidazole rings is 1. The number of rotatable bonds is 4. The van der Waals surface area contributed by atoms with Gasteiger partial charge in [-0.3, -0.25) is 4.79 Å². The lowest BCUT2D eigenvalue weighted by Crippen LogP contribution is -2.24. The fourth-order valence-corrected chi connectivity index (χ4v) is 3.72. The van der Waals surface area contributed by atoms with Crippen molar-refractivity contribution in [1.82, 2.24) is 9.55 Å². The molecule has 2 aromatic carbocycles. The Labute approximate surface area is 157 Å². The summed E-state index contributed by atoms with van der Waals surface area (Å²) in [4.78, 5) is 19.3. The number of hydrogen-bond donors (Lipinski definition) is 0. The predicted octanol–water partition coefficient (Wildman–Crippen LogP) is 4.79. The average molecular weight is 366 g/mol. The van der Waals surface area contributed by atoms with Crippen molar-refractivity contribution in [3.05, 3.63) is 71.5 Å². The van der Waals surface area contributed by atoms with Gasteiger partial charge in [0.05, 0.1) is 11.0 Å². The van der Waals surface area contributed by atoms with E-state index in [2.05, 4.69) is 17.2 Å². The molecule has 0 spiro atoms. The van der Waals surface area contributed by atoms with Gasteiger partial charge in [0.1, 0.15) is 5.82 Å². The smallest absolute Gasteiger partial charge is 0.227 e. The number of benzene rings is 2. The molecule has 1 unspecified atom stereocenters. The molecule has 1 saturated heterocycles. The Morgan fingerprint density at radius 2 is 1.96 bits per heavy atom. The Balaban J connectivity index is 1.71. The van der Waals surface area contributed by atoms with Gasteiger partial charge in [0.25, 0.3) is 0 Å². The number of allylic oxidation sites excluding steroid dienone is 1. The first-order chi connectivity index (χ1) is 12.5. The molecule has 4 rings (SSSR count). The first kappa shape index (κ1) is 16.9. The number of hydrogen-bond acceptors (Lipinski definition) is 2. The van der Waals surface area contributed by atoms with E-state index in [0.717, 1.165) is 28.1 Å². The minimum absolute atomic E-state index is 0.0601. The van der Waals surface area contributed by atoms with Crippen LogP contribution >= 0.6 is 11.6 Å². The molecular formula is C21H20ClN3O. The Bertz CT molecular complexity index is 990. The minimum atomic E-state index is 0.0601. The molecule has 1 fully saturated rings. The number of halogens is 1. The molecule has 1 aromatic heterocycles. The largest absolute Gasteiger partial charge is 0.324 e. The number of para-hydroxylation sites is 2. The standard InChI is InChI=1S/C21H20ClN3O/c1-14(2)12-25-19-6-4-3-5-18(19)23-21(25)15-11-20(26)24(13-15)17-9-7-16(22)8-10-17/h3-10,15H,1,11-13H2,2H3. The molecule has 1 aliphatic heterocycles. The van der Waals surface area contributed by atoms with Gasteiger partial charge in [-0.15, -0.1) is 0 Å². The van der Waals surface area contributed by atoms with Crippen LogP contribution in [0.1, 0.15) is 25.1 Å². The predicted molar refractivity (Wildman–Crippen MR) is 106 cm³/mol. The Kier molecular flexibility index (Phi) is 4.29. The van der Waals surface area contributed by atoms with E-state index in [1.165, 1.54) is 0 Å². The summed E-state index contributed by atoms with van der Waals surface area (Å²) in [7, 11) is 0. The summed E-state index contributed by atoms with van der Waals surface area (Å²) in [5.74, 6) is 1.13. The first-order valence-electron chi connectivity index (χ1n) is 8.68. The molecule has 0 N–H and O–H groups in total. The third kappa shape index (κ3) is 3.01. The molecule has 26 heavy (non-hydrogen) atoms. The first-order valence-corrected chi connectivity index (χ1v) is 9.06. The summed E-state index contributed by atoms with van der Waals surface area (Å²) in [6.07, 6.45) is 0.460. The monoisotopic (exact) mass is 365 g/mol. The van der Waals surface area contributed by atoms with Crippen LogP contribution in [-0.4, -0.2) is 22.0 Å². The van der Waals surface area contributed by atoms with E-state index in [1.807, 2.05) is 54.3 Å². The molecule has 3 aromatic rings. The quantitative estimate of drug-likeness (QED) is 0.623. The third-order valence-electron chi connectivity index (χ3n) is 4.74. The number of nitrogens with zero attached hydrogens (tertiary/aromatic N) is 3. The highest BCUT2D eigenvalue weighted by Gasteiger charge is 2.34. The Morgan fingerprint density at radius 1 is 1.23 bits per heavy atom. The van der Waals surface area contributed by atoms with Gasteiger partial charge in [0, 0.05) is 36.1 Å². The van der Waals surface area contributed by atoms with Crippen LogP contribution in [0.4, 0.5) is 5.69 Å². The van der Waals surface area contributed by atoms with E-state index in [4.69, 9.17) is 16.6 Å². The molecule has 2 heterocycles. The zero-order valence-electron chi connectivity index (χ0n) is 14.7. The zero-order valence-corrected chi connectivity index (χ0v) is 15.4. The third-order valence-corrected chi connectivity index (χ3v) is 4.99. The second-order valence-corrected chi connectivity index (χ2v) is 7.32.